The van der Waals surface area contributed by atoms with E-state index in [1.54, 1.807) is 7.11 Å². The van der Waals surface area contributed by atoms with Crippen LogP contribution in [0.2, 0.25) is 0 Å². The van der Waals surface area contributed by atoms with Gasteiger partial charge >= 0.3 is 0 Å². The maximum Gasteiger partial charge on any atom is 0.184 e. The van der Waals surface area contributed by atoms with Gasteiger partial charge in [-0.3, -0.25) is 0 Å². The molecule has 4 heteroatoms. The van der Waals surface area contributed by atoms with Crippen LogP contribution in [0.15, 0.2) is 36.4 Å². The summed E-state index contributed by atoms with van der Waals surface area (Å²) < 4.78 is 16.5. The SMILES string of the molecule is COc1ccc2cc(C3OCC(CCl)O3)ccc2c1. The number of ether oxygens (including phenoxy) is 3. The molecule has 0 radical (unpaired) electrons. The van der Waals surface area contributed by atoms with Crippen LogP contribution in [0.5, 0.6) is 5.75 Å². The summed E-state index contributed by atoms with van der Waals surface area (Å²) in [7, 11) is 1.67. The summed E-state index contributed by atoms with van der Waals surface area (Å²) >= 11 is 5.77. The summed E-state index contributed by atoms with van der Waals surface area (Å²) in [5.74, 6) is 1.32. The summed E-state index contributed by atoms with van der Waals surface area (Å²) in [6.07, 6.45) is -0.325. The van der Waals surface area contributed by atoms with Gasteiger partial charge < -0.3 is 14.2 Å². The Morgan fingerprint density at radius 3 is 2.74 bits per heavy atom. The van der Waals surface area contributed by atoms with Crippen LogP contribution in [0.4, 0.5) is 0 Å². The third-order valence-electron chi connectivity index (χ3n) is 3.27. The fraction of sp³-hybridized carbons (Fsp3) is 0.333. The fourth-order valence-electron chi connectivity index (χ4n) is 2.22. The Bertz CT molecular complexity index is 585. The molecule has 3 rings (SSSR count). The van der Waals surface area contributed by atoms with Crippen molar-refractivity contribution in [1.29, 1.82) is 0 Å². The lowest BCUT2D eigenvalue weighted by Crippen LogP contribution is -2.10. The molecule has 3 nitrogen and oxygen atoms in total. The zero-order valence-corrected chi connectivity index (χ0v) is 11.4. The Kier molecular flexibility index (Phi) is 3.60. The van der Waals surface area contributed by atoms with E-state index in [9.17, 15) is 0 Å². The maximum atomic E-state index is 5.77. The molecule has 0 spiro atoms. The second kappa shape index (κ2) is 5.37. The van der Waals surface area contributed by atoms with Gasteiger partial charge in [-0.1, -0.05) is 18.2 Å². The average molecular weight is 279 g/mol. The van der Waals surface area contributed by atoms with Crippen LogP contribution < -0.4 is 4.74 Å². The average Bonchev–Trinajstić information content (AvgIpc) is 2.95. The van der Waals surface area contributed by atoms with E-state index in [2.05, 4.69) is 6.07 Å². The van der Waals surface area contributed by atoms with Gasteiger partial charge in [-0.15, -0.1) is 11.6 Å². The molecular formula is C15H15ClO3. The van der Waals surface area contributed by atoms with Crippen molar-refractivity contribution >= 4 is 22.4 Å². The standard InChI is InChI=1S/C15H15ClO3/c1-17-13-5-4-10-6-12(3-2-11(10)7-13)15-18-9-14(8-16)19-15/h2-7,14-15H,8-9H2,1H3. The van der Waals surface area contributed by atoms with E-state index in [0.29, 0.717) is 12.5 Å². The summed E-state index contributed by atoms with van der Waals surface area (Å²) in [6, 6.07) is 12.1. The van der Waals surface area contributed by atoms with E-state index in [1.165, 1.54) is 0 Å². The summed E-state index contributed by atoms with van der Waals surface area (Å²) in [5.41, 5.74) is 1.02. The number of hydrogen-bond donors (Lipinski definition) is 0. The number of benzene rings is 2. The quantitative estimate of drug-likeness (QED) is 0.804. The lowest BCUT2D eigenvalue weighted by atomic mass is 10.1. The topological polar surface area (TPSA) is 27.7 Å². The number of methoxy groups -OCH3 is 1. The first-order chi connectivity index (χ1) is 9.30. The largest absolute Gasteiger partial charge is 0.497 e. The van der Waals surface area contributed by atoms with Crippen molar-refractivity contribution in [1.82, 2.24) is 0 Å². The Morgan fingerprint density at radius 2 is 2.00 bits per heavy atom. The molecule has 0 aliphatic carbocycles. The van der Waals surface area contributed by atoms with Crippen LogP contribution in [0.25, 0.3) is 10.8 Å². The fourth-order valence-corrected chi connectivity index (χ4v) is 2.38. The molecule has 2 aromatic carbocycles. The predicted octanol–water partition coefficient (Wildman–Crippen LogP) is 3.50. The van der Waals surface area contributed by atoms with Gasteiger partial charge in [-0.2, -0.15) is 0 Å². The van der Waals surface area contributed by atoms with E-state index >= 15 is 0 Å². The van der Waals surface area contributed by atoms with Gasteiger partial charge in [0, 0.05) is 5.56 Å². The minimum Gasteiger partial charge on any atom is -0.497 e. The van der Waals surface area contributed by atoms with E-state index in [4.69, 9.17) is 25.8 Å². The Labute approximate surface area is 117 Å². The van der Waals surface area contributed by atoms with E-state index in [-0.39, 0.29) is 12.4 Å². The molecule has 0 N–H and O–H groups in total. The van der Waals surface area contributed by atoms with Crippen LogP contribution in [0, 0.1) is 0 Å². The third-order valence-corrected chi connectivity index (χ3v) is 3.61. The van der Waals surface area contributed by atoms with Crippen molar-refractivity contribution in [3.05, 3.63) is 42.0 Å². The van der Waals surface area contributed by atoms with Gasteiger partial charge in [0.15, 0.2) is 6.29 Å². The Hall–Kier alpha value is -1.29. The molecule has 1 saturated heterocycles. The lowest BCUT2D eigenvalue weighted by Gasteiger charge is -2.11. The highest BCUT2D eigenvalue weighted by Crippen LogP contribution is 2.30. The molecule has 0 saturated carbocycles. The highest BCUT2D eigenvalue weighted by Gasteiger charge is 2.26. The van der Waals surface area contributed by atoms with E-state index in [0.717, 1.165) is 22.1 Å². The van der Waals surface area contributed by atoms with Gasteiger partial charge in [0.05, 0.1) is 25.7 Å². The van der Waals surface area contributed by atoms with Crippen LogP contribution in [0.3, 0.4) is 0 Å². The van der Waals surface area contributed by atoms with Crippen molar-refractivity contribution in [2.75, 3.05) is 19.6 Å². The molecule has 2 atom stereocenters. The molecule has 1 aliphatic rings. The van der Waals surface area contributed by atoms with Crippen molar-refractivity contribution < 1.29 is 14.2 Å². The van der Waals surface area contributed by atoms with Crippen LogP contribution in [0.1, 0.15) is 11.9 Å². The van der Waals surface area contributed by atoms with E-state index in [1.807, 2.05) is 30.3 Å². The molecule has 1 aliphatic heterocycles. The van der Waals surface area contributed by atoms with Gasteiger partial charge in [0.2, 0.25) is 0 Å². The first-order valence-electron chi connectivity index (χ1n) is 6.21. The smallest absolute Gasteiger partial charge is 0.184 e. The molecule has 2 unspecified atom stereocenters. The second-order valence-corrected chi connectivity index (χ2v) is 4.86. The van der Waals surface area contributed by atoms with Crippen molar-refractivity contribution in [2.45, 2.75) is 12.4 Å². The molecule has 0 aromatic heterocycles. The van der Waals surface area contributed by atoms with Gasteiger partial charge in [-0.25, -0.2) is 0 Å². The number of rotatable bonds is 3. The van der Waals surface area contributed by atoms with Gasteiger partial charge in [0.25, 0.3) is 0 Å². The normalized spacial score (nSPS) is 22.8. The third kappa shape index (κ3) is 2.54. The molecule has 0 amide bonds. The van der Waals surface area contributed by atoms with Crippen molar-refractivity contribution in [2.24, 2.45) is 0 Å². The summed E-state index contributed by atoms with van der Waals surface area (Å²) in [6.45, 7) is 0.550. The number of halogens is 1. The summed E-state index contributed by atoms with van der Waals surface area (Å²) in [4.78, 5) is 0. The number of hydrogen-bond acceptors (Lipinski definition) is 3. The number of alkyl halides is 1. The van der Waals surface area contributed by atoms with Gasteiger partial charge in [0.1, 0.15) is 5.75 Å². The lowest BCUT2D eigenvalue weighted by molar-refractivity contribution is -0.0566. The second-order valence-electron chi connectivity index (χ2n) is 4.55. The molecule has 100 valence electrons. The maximum absolute atomic E-state index is 5.77. The molecule has 0 bridgehead atoms. The zero-order valence-electron chi connectivity index (χ0n) is 10.6. The van der Waals surface area contributed by atoms with Crippen LogP contribution in [-0.2, 0) is 9.47 Å². The molecular weight excluding hydrogens is 264 g/mol. The molecule has 19 heavy (non-hydrogen) atoms. The Morgan fingerprint density at radius 1 is 1.21 bits per heavy atom. The monoisotopic (exact) mass is 278 g/mol. The zero-order chi connectivity index (χ0) is 13.2. The van der Waals surface area contributed by atoms with Crippen molar-refractivity contribution in [3.63, 3.8) is 0 Å². The van der Waals surface area contributed by atoms with E-state index < -0.39 is 0 Å². The summed E-state index contributed by atoms with van der Waals surface area (Å²) in [5, 5.41) is 2.27. The van der Waals surface area contributed by atoms with Crippen molar-refractivity contribution in [3.8, 4) is 5.75 Å². The highest BCUT2D eigenvalue weighted by molar-refractivity contribution is 6.18. The highest BCUT2D eigenvalue weighted by atomic mass is 35.5. The van der Waals surface area contributed by atoms with Gasteiger partial charge in [-0.05, 0) is 29.0 Å². The van der Waals surface area contributed by atoms with Crippen LogP contribution >= 0.6 is 11.6 Å². The Balaban J connectivity index is 1.90. The minimum atomic E-state index is -0.310. The first-order valence-corrected chi connectivity index (χ1v) is 6.74. The predicted molar refractivity (Wildman–Crippen MR) is 74.8 cm³/mol. The minimum absolute atomic E-state index is 0.0155. The first kappa shape index (κ1) is 12.7. The molecule has 1 heterocycles. The molecule has 2 aromatic rings. The van der Waals surface area contributed by atoms with Crippen LogP contribution in [-0.4, -0.2) is 25.7 Å². The molecule has 1 fully saturated rings. The number of fused-ring (bicyclic) bond motifs is 1.